The molecule has 9 heteroatoms. The number of hydrogen-bond donors (Lipinski definition) is 1. The molecule has 0 radical (unpaired) electrons. The van der Waals surface area contributed by atoms with Crippen molar-refractivity contribution < 1.29 is 9.47 Å². The van der Waals surface area contributed by atoms with Gasteiger partial charge in [0.25, 0.3) is 0 Å². The lowest BCUT2D eigenvalue weighted by molar-refractivity contribution is 0.122. The number of benzene rings is 1. The highest BCUT2D eigenvalue weighted by Crippen LogP contribution is 2.27. The van der Waals surface area contributed by atoms with Crippen LogP contribution >= 0.6 is 11.6 Å². The maximum atomic E-state index is 6.41. The zero-order valence-corrected chi connectivity index (χ0v) is 21.2. The monoisotopic (exact) mass is 496 g/mol. The number of pyridine rings is 1. The summed E-state index contributed by atoms with van der Waals surface area (Å²) in [6.07, 6.45) is 2.78. The van der Waals surface area contributed by atoms with E-state index >= 15 is 0 Å². The fourth-order valence-electron chi connectivity index (χ4n) is 4.01. The molecule has 0 bridgehead atoms. The Bertz CT molecular complexity index is 1090. The predicted octanol–water partition coefficient (Wildman–Crippen LogP) is 4.76. The molecule has 1 aliphatic rings. The lowest BCUT2D eigenvalue weighted by atomic mass is 10.1. The van der Waals surface area contributed by atoms with Gasteiger partial charge in [-0.2, -0.15) is 4.98 Å². The van der Waals surface area contributed by atoms with Crippen molar-refractivity contribution in [3.8, 4) is 17.0 Å². The summed E-state index contributed by atoms with van der Waals surface area (Å²) in [5.41, 5.74) is 1.84. The van der Waals surface area contributed by atoms with E-state index in [0.29, 0.717) is 37.3 Å². The number of nitrogens with one attached hydrogen (secondary N) is 1. The van der Waals surface area contributed by atoms with Gasteiger partial charge < -0.3 is 24.6 Å². The normalized spacial score (nSPS) is 13.5. The molecule has 1 fully saturated rings. The van der Waals surface area contributed by atoms with Crippen LogP contribution in [0.4, 0.5) is 17.6 Å². The maximum Gasteiger partial charge on any atom is 0.228 e. The minimum Gasteiger partial charge on any atom is -0.494 e. The second-order valence-corrected chi connectivity index (χ2v) is 8.63. The fraction of sp³-hybridized carbons (Fsp3) is 0.423. The molecule has 186 valence electrons. The van der Waals surface area contributed by atoms with Crippen molar-refractivity contribution in [3.63, 3.8) is 0 Å². The first kappa shape index (κ1) is 25.0. The van der Waals surface area contributed by atoms with E-state index in [1.165, 1.54) is 0 Å². The van der Waals surface area contributed by atoms with Gasteiger partial charge in [0.1, 0.15) is 17.4 Å². The molecule has 0 unspecified atom stereocenters. The summed E-state index contributed by atoms with van der Waals surface area (Å²) < 4.78 is 11.2. The van der Waals surface area contributed by atoms with Gasteiger partial charge in [-0.25, -0.2) is 9.97 Å². The van der Waals surface area contributed by atoms with Gasteiger partial charge in [-0.05, 0) is 37.6 Å². The largest absolute Gasteiger partial charge is 0.494 e. The first-order chi connectivity index (χ1) is 17.2. The van der Waals surface area contributed by atoms with Crippen molar-refractivity contribution in [2.45, 2.75) is 20.3 Å². The molecule has 1 aromatic carbocycles. The molecule has 3 aromatic rings. The first-order valence-electron chi connectivity index (χ1n) is 12.2. The summed E-state index contributed by atoms with van der Waals surface area (Å²) in [5.74, 6) is 3.12. The van der Waals surface area contributed by atoms with Crippen molar-refractivity contribution in [1.29, 1.82) is 0 Å². The molecule has 3 heterocycles. The van der Waals surface area contributed by atoms with Crippen LogP contribution in [0.1, 0.15) is 20.3 Å². The van der Waals surface area contributed by atoms with Crippen molar-refractivity contribution in [3.05, 3.63) is 53.7 Å². The number of morpholine rings is 1. The van der Waals surface area contributed by atoms with E-state index in [0.717, 1.165) is 61.2 Å². The van der Waals surface area contributed by atoms with Gasteiger partial charge >= 0.3 is 0 Å². The Morgan fingerprint density at radius 3 is 2.71 bits per heavy atom. The van der Waals surface area contributed by atoms with Crippen LogP contribution in [0.15, 0.2) is 48.7 Å². The average Bonchev–Trinajstić information content (AvgIpc) is 2.89. The summed E-state index contributed by atoms with van der Waals surface area (Å²) in [6, 6.07) is 13.7. The number of aromatic nitrogens is 3. The molecule has 0 atom stereocenters. The van der Waals surface area contributed by atoms with Crippen LogP contribution < -0.4 is 19.9 Å². The Hall–Kier alpha value is -3.10. The van der Waals surface area contributed by atoms with Crippen LogP contribution in [-0.2, 0) is 4.74 Å². The van der Waals surface area contributed by atoms with E-state index in [-0.39, 0.29) is 0 Å². The smallest absolute Gasteiger partial charge is 0.228 e. The highest BCUT2D eigenvalue weighted by atomic mass is 35.5. The average molecular weight is 497 g/mol. The third-order valence-electron chi connectivity index (χ3n) is 5.67. The highest BCUT2D eigenvalue weighted by molar-refractivity contribution is 6.32. The topological polar surface area (TPSA) is 75.6 Å². The molecule has 2 aromatic heterocycles. The van der Waals surface area contributed by atoms with E-state index in [9.17, 15) is 0 Å². The van der Waals surface area contributed by atoms with Crippen molar-refractivity contribution in [2.75, 3.05) is 67.7 Å². The quantitative estimate of drug-likeness (QED) is 0.407. The lowest BCUT2D eigenvalue weighted by Gasteiger charge is -2.27. The summed E-state index contributed by atoms with van der Waals surface area (Å²) in [6.45, 7) is 9.94. The van der Waals surface area contributed by atoms with Gasteiger partial charge in [-0.1, -0.05) is 30.7 Å². The van der Waals surface area contributed by atoms with Crippen LogP contribution in [0.5, 0.6) is 5.75 Å². The highest BCUT2D eigenvalue weighted by Gasteiger charge is 2.17. The second-order valence-electron chi connectivity index (χ2n) is 8.22. The number of nitrogens with zero attached hydrogens (tertiary/aromatic N) is 5. The van der Waals surface area contributed by atoms with Crippen molar-refractivity contribution >= 4 is 29.2 Å². The number of halogens is 1. The Morgan fingerprint density at radius 2 is 1.94 bits per heavy atom. The third-order valence-corrected chi connectivity index (χ3v) is 5.96. The summed E-state index contributed by atoms with van der Waals surface area (Å²) in [5, 5.41) is 4.16. The van der Waals surface area contributed by atoms with Crippen molar-refractivity contribution in [1.82, 2.24) is 15.0 Å². The van der Waals surface area contributed by atoms with E-state index in [1.54, 1.807) is 6.20 Å². The Labute approximate surface area is 212 Å². The lowest BCUT2D eigenvalue weighted by Crippen LogP contribution is -2.37. The van der Waals surface area contributed by atoms with Crippen LogP contribution in [0.25, 0.3) is 11.3 Å². The zero-order chi connectivity index (χ0) is 24.5. The van der Waals surface area contributed by atoms with Crippen LogP contribution in [0.2, 0.25) is 5.02 Å². The van der Waals surface area contributed by atoms with Crippen LogP contribution in [0.3, 0.4) is 0 Å². The molecule has 0 amide bonds. The Balaban J connectivity index is 1.55. The minimum atomic E-state index is 0.619. The standard InChI is InChI=1S/C26H33ClN6O2/c1-3-12-32(25-22(27)9-6-10-29-25)13-11-28-24-19-23(20-7-5-8-21(18-20)35-4-2)30-26(31-24)33-14-16-34-17-15-33/h5-10,18-19H,3-4,11-17H2,1-2H3,(H,28,30,31). The molecule has 1 aliphatic heterocycles. The van der Waals surface area contributed by atoms with Crippen LogP contribution in [-0.4, -0.2) is 67.5 Å². The van der Waals surface area contributed by atoms with Crippen molar-refractivity contribution in [2.24, 2.45) is 0 Å². The molecule has 0 spiro atoms. The summed E-state index contributed by atoms with van der Waals surface area (Å²) >= 11 is 6.41. The molecule has 35 heavy (non-hydrogen) atoms. The van der Waals surface area contributed by atoms with E-state index in [2.05, 4.69) is 27.0 Å². The van der Waals surface area contributed by atoms with E-state index in [4.69, 9.17) is 31.0 Å². The predicted molar refractivity (Wildman–Crippen MR) is 142 cm³/mol. The Morgan fingerprint density at radius 1 is 1.09 bits per heavy atom. The molecule has 1 saturated heterocycles. The zero-order valence-electron chi connectivity index (χ0n) is 20.4. The fourth-order valence-corrected chi connectivity index (χ4v) is 4.25. The Kier molecular flexibility index (Phi) is 8.97. The third kappa shape index (κ3) is 6.74. The van der Waals surface area contributed by atoms with Gasteiger partial charge in [0.05, 0.1) is 30.5 Å². The number of anilines is 3. The van der Waals surface area contributed by atoms with Gasteiger partial charge in [0.15, 0.2) is 0 Å². The molecule has 0 aliphatic carbocycles. The number of ether oxygens (including phenoxy) is 2. The molecule has 1 N–H and O–H groups in total. The van der Waals surface area contributed by atoms with Crippen LogP contribution in [0, 0.1) is 0 Å². The second kappa shape index (κ2) is 12.6. The molecular formula is C26H33ClN6O2. The molecule has 8 nitrogen and oxygen atoms in total. The number of hydrogen-bond acceptors (Lipinski definition) is 8. The van der Waals surface area contributed by atoms with Gasteiger partial charge in [-0.15, -0.1) is 0 Å². The van der Waals surface area contributed by atoms with Gasteiger partial charge in [-0.3, -0.25) is 0 Å². The maximum absolute atomic E-state index is 6.41. The summed E-state index contributed by atoms with van der Waals surface area (Å²) in [4.78, 5) is 18.6. The SMILES string of the molecule is CCCN(CCNc1cc(-c2cccc(OCC)c2)nc(N2CCOCC2)n1)c1ncccc1Cl. The molecular weight excluding hydrogens is 464 g/mol. The first-order valence-corrected chi connectivity index (χ1v) is 12.6. The van der Waals surface area contributed by atoms with Gasteiger partial charge in [0.2, 0.25) is 5.95 Å². The minimum absolute atomic E-state index is 0.619. The van der Waals surface area contributed by atoms with E-state index in [1.807, 2.05) is 49.4 Å². The van der Waals surface area contributed by atoms with E-state index < -0.39 is 0 Å². The summed E-state index contributed by atoms with van der Waals surface area (Å²) in [7, 11) is 0. The molecule has 0 saturated carbocycles. The number of rotatable bonds is 11. The van der Waals surface area contributed by atoms with Gasteiger partial charge in [0, 0.05) is 50.6 Å². The molecule has 4 rings (SSSR count).